The van der Waals surface area contributed by atoms with E-state index in [0.29, 0.717) is 5.69 Å². The molecule has 1 heterocycles. The number of hydrogen-bond acceptors (Lipinski definition) is 5. The minimum atomic E-state index is -0.612. The van der Waals surface area contributed by atoms with Crippen molar-refractivity contribution in [1.82, 2.24) is 9.97 Å². The molecule has 1 N–H and O–H groups in total. The van der Waals surface area contributed by atoms with Crippen LogP contribution in [0.3, 0.4) is 0 Å². The molecule has 0 aliphatic carbocycles. The van der Waals surface area contributed by atoms with E-state index < -0.39 is 10.8 Å². The molecule has 1 aromatic carbocycles. The number of nitro benzene ring substituents is 1. The van der Waals surface area contributed by atoms with Crippen molar-refractivity contribution in [1.29, 1.82) is 0 Å². The second-order valence-corrected chi connectivity index (χ2v) is 4.40. The zero-order valence-electron chi connectivity index (χ0n) is 9.71. The molecule has 1 aromatic heterocycles. The first-order valence-electron chi connectivity index (χ1n) is 5.20. The van der Waals surface area contributed by atoms with Crippen LogP contribution in [-0.2, 0) is 0 Å². The van der Waals surface area contributed by atoms with Gasteiger partial charge in [0.05, 0.1) is 17.3 Å². The van der Waals surface area contributed by atoms with Crippen LogP contribution in [0, 0.1) is 10.1 Å². The lowest BCUT2D eigenvalue weighted by atomic mass is 10.2. The van der Waals surface area contributed by atoms with E-state index in [1.807, 2.05) is 0 Å². The third-order valence-corrected chi connectivity index (χ3v) is 2.75. The molecule has 1 amide bonds. The van der Waals surface area contributed by atoms with E-state index in [0.717, 1.165) is 0 Å². The predicted molar refractivity (Wildman–Crippen MR) is 73.1 cm³/mol. The largest absolute Gasteiger partial charge is 0.321 e. The number of carbonyl (C=O) groups excluding carboxylic acids is 1. The zero-order chi connectivity index (χ0) is 14.7. The van der Waals surface area contributed by atoms with Crippen molar-refractivity contribution in [3.05, 3.63) is 56.6 Å². The Morgan fingerprint density at radius 1 is 1.25 bits per heavy atom. The van der Waals surface area contributed by atoms with E-state index in [9.17, 15) is 14.9 Å². The SMILES string of the molecule is O=C(Nc1ccc([N+](=O)[O-])c(Cl)c1)c1cnc(Cl)cn1. The second-order valence-electron chi connectivity index (χ2n) is 3.60. The van der Waals surface area contributed by atoms with Gasteiger partial charge in [-0.05, 0) is 12.1 Å². The van der Waals surface area contributed by atoms with Crippen LogP contribution in [0.1, 0.15) is 10.5 Å². The normalized spacial score (nSPS) is 10.1. The number of rotatable bonds is 3. The van der Waals surface area contributed by atoms with Crippen LogP contribution in [0.4, 0.5) is 11.4 Å². The summed E-state index contributed by atoms with van der Waals surface area (Å²) in [5, 5.41) is 13.2. The van der Waals surface area contributed by atoms with E-state index in [1.54, 1.807) is 0 Å². The van der Waals surface area contributed by atoms with Crippen molar-refractivity contribution in [3.8, 4) is 0 Å². The standard InChI is InChI=1S/C11H6Cl2N4O3/c12-7-3-6(1-2-9(7)17(19)20)16-11(18)8-4-15-10(13)5-14-8/h1-5H,(H,16,18). The Morgan fingerprint density at radius 2 is 2.00 bits per heavy atom. The van der Waals surface area contributed by atoms with E-state index in [4.69, 9.17) is 23.2 Å². The highest BCUT2D eigenvalue weighted by Crippen LogP contribution is 2.27. The second kappa shape index (κ2) is 5.81. The Bertz CT molecular complexity index is 676. The fourth-order valence-corrected chi connectivity index (χ4v) is 1.70. The number of nitrogens with zero attached hydrogens (tertiary/aromatic N) is 3. The molecular formula is C11H6Cl2N4O3. The highest BCUT2D eigenvalue weighted by Gasteiger charge is 2.14. The molecular weight excluding hydrogens is 307 g/mol. The van der Waals surface area contributed by atoms with Crippen LogP contribution >= 0.6 is 23.2 Å². The Labute approximate surface area is 122 Å². The van der Waals surface area contributed by atoms with E-state index in [2.05, 4.69) is 15.3 Å². The fraction of sp³-hybridized carbons (Fsp3) is 0. The summed E-state index contributed by atoms with van der Waals surface area (Å²) in [6, 6.07) is 3.84. The molecule has 2 aromatic rings. The molecule has 0 aliphatic heterocycles. The van der Waals surface area contributed by atoms with Crippen molar-refractivity contribution in [2.24, 2.45) is 0 Å². The van der Waals surface area contributed by atoms with Crippen molar-refractivity contribution >= 4 is 40.5 Å². The molecule has 20 heavy (non-hydrogen) atoms. The van der Waals surface area contributed by atoms with Gasteiger partial charge >= 0.3 is 0 Å². The predicted octanol–water partition coefficient (Wildman–Crippen LogP) is 2.94. The summed E-state index contributed by atoms with van der Waals surface area (Å²) in [5.74, 6) is -0.529. The average molecular weight is 313 g/mol. The fourth-order valence-electron chi connectivity index (χ4n) is 1.36. The van der Waals surface area contributed by atoms with Gasteiger partial charge in [0.25, 0.3) is 11.6 Å². The molecule has 0 radical (unpaired) electrons. The Balaban J connectivity index is 2.18. The van der Waals surface area contributed by atoms with Gasteiger partial charge in [-0.2, -0.15) is 0 Å². The van der Waals surface area contributed by atoms with Gasteiger partial charge in [0.15, 0.2) is 0 Å². The third kappa shape index (κ3) is 3.19. The number of benzene rings is 1. The van der Waals surface area contributed by atoms with Crippen LogP contribution < -0.4 is 5.32 Å². The van der Waals surface area contributed by atoms with E-state index in [-0.39, 0.29) is 21.6 Å². The first-order valence-corrected chi connectivity index (χ1v) is 5.96. The summed E-state index contributed by atoms with van der Waals surface area (Å²) in [5.41, 5.74) is 0.127. The number of hydrogen-bond donors (Lipinski definition) is 1. The Morgan fingerprint density at radius 3 is 2.55 bits per heavy atom. The van der Waals surface area contributed by atoms with E-state index in [1.165, 1.54) is 30.6 Å². The van der Waals surface area contributed by atoms with Gasteiger partial charge in [-0.15, -0.1) is 0 Å². The number of amides is 1. The monoisotopic (exact) mass is 312 g/mol. The maximum atomic E-state index is 11.8. The summed E-state index contributed by atoms with van der Waals surface area (Å²) < 4.78 is 0. The Kier molecular flexibility index (Phi) is 4.11. The lowest BCUT2D eigenvalue weighted by Crippen LogP contribution is -2.13. The quantitative estimate of drug-likeness (QED) is 0.694. The summed E-state index contributed by atoms with van der Waals surface area (Å²) >= 11 is 11.3. The molecule has 0 saturated carbocycles. The molecule has 0 atom stereocenters. The molecule has 0 bridgehead atoms. The third-order valence-electron chi connectivity index (χ3n) is 2.26. The van der Waals surface area contributed by atoms with Crippen LogP contribution in [0.2, 0.25) is 10.2 Å². The summed E-state index contributed by atoms with van der Waals surface area (Å²) in [7, 11) is 0. The summed E-state index contributed by atoms with van der Waals surface area (Å²) in [4.78, 5) is 29.3. The zero-order valence-corrected chi connectivity index (χ0v) is 11.2. The number of carbonyl (C=O) groups is 1. The van der Waals surface area contributed by atoms with Crippen LogP contribution in [0.5, 0.6) is 0 Å². The molecule has 2 rings (SSSR count). The lowest BCUT2D eigenvalue weighted by Gasteiger charge is -2.05. The van der Waals surface area contributed by atoms with Gasteiger partial charge in [0, 0.05) is 11.8 Å². The van der Waals surface area contributed by atoms with Crippen molar-refractivity contribution in [2.75, 3.05) is 5.32 Å². The Hall–Kier alpha value is -2.25. The van der Waals surface area contributed by atoms with Gasteiger partial charge in [0.1, 0.15) is 15.9 Å². The number of aromatic nitrogens is 2. The maximum absolute atomic E-state index is 11.8. The first-order chi connectivity index (χ1) is 9.47. The van der Waals surface area contributed by atoms with Crippen LogP contribution in [0.15, 0.2) is 30.6 Å². The molecule has 9 heteroatoms. The molecule has 0 unspecified atom stereocenters. The van der Waals surface area contributed by atoms with Gasteiger partial charge in [-0.1, -0.05) is 23.2 Å². The first kappa shape index (κ1) is 14.2. The van der Waals surface area contributed by atoms with Crippen molar-refractivity contribution in [3.63, 3.8) is 0 Å². The van der Waals surface area contributed by atoms with E-state index >= 15 is 0 Å². The number of halogens is 2. The minimum absolute atomic E-state index is 0.0591. The average Bonchev–Trinajstić information content (AvgIpc) is 2.39. The number of nitro groups is 1. The van der Waals surface area contributed by atoms with Crippen molar-refractivity contribution < 1.29 is 9.72 Å². The van der Waals surface area contributed by atoms with Gasteiger partial charge in [0.2, 0.25) is 0 Å². The van der Waals surface area contributed by atoms with Gasteiger partial charge in [-0.3, -0.25) is 14.9 Å². The maximum Gasteiger partial charge on any atom is 0.288 e. The molecule has 0 fully saturated rings. The number of anilines is 1. The molecule has 7 nitrogen and oxygen atoms in total. The molecule has 0 aliphatic rings. The molecule has 0 spiro atoms. The minimum Gasteiger partial charge on any atom is -0.321 e. The topological polar surface area (TPSA) is 98.0 Å². The molecule has 102 valence electrons. The van der Waals surface area contributed by atoms with Crippen LogP contribution in [-0.4, -0.2) is 20.8 Å². The van der Waals surface area contributed by atoms with Gasteiger partial charge in [-0.25, -0.2) is 9.97 Å². The van der Waals surface area contributed by atoms with Crippen LogP contribution in [0.25, 0.3) is 0 Å². The van der Waals surface area contributed by atoms with Crippen molar-refractivity contribution in [2.45, 2.75) is 0 Å². The smallest absolute Gasteiger partial charge is 0.288 e. The summed E-state index contributed by atoms with van der Waals surface area (Å²) in [6.45, 7) is 0. The summed E-state index contributed by atoms with van der Waals surface area (Å²) in [6.07, 6.45) is 2.45. The highest BCUT2D eigenvalue weighted by molar-refractivity contribution is 6.33. The highest BCUT2D eigenvalue weighted by atomic mass is 35.5. The lowest BCUT2D eigenvalue weighted by molar-refractivity contribution is -0.384. The molecule has 0 saturated heterocycles. The number of nitrogens with one attached hydrogen (secondary N) is 1. The van der Waals surface area contributed by atoms with Gasteiger partial charge < -0.3 is 5.32 Å².